The number of hydrogen-bond acceptors (Lipinski definition) is 9. The molecule has 1 aromatic heterocycles. The first-order chi connectivity index (χ1) is 21.1. The van der Waals surface area contributed by atoms with Crippen molar-refractivity contribution in [2.24, 2.45) is 0 Å². The van der Waals surface area contributed by atoms with Crippen LogP contribution in [0.25, 0.3) is 0 Å². The van der Waals surface area contributed by atoms with Crippen molar-refractivity contribution >= 4 is 23.8 Å². The highest BCUT2D eigenvalue weighted by Gasteiger charge is 2.39. The summed E-state index contributed by atoms with van der Waals surface area (Å²) in [6.07, 6.45) is 2.26. The number of anilines is 1. The lowest BCUT2D eigenvalue weighted by molar-refractivity contribution is -0.151. The molecule has 4 atom stereocenters. The monoisotopic (exact) mass is 607 g/mol. The van der Waals surface area contributed by atoms with Gasteiger partial charge < -0.3 is 39.4 Å². The Morgan fingerprint density at radius 2 is 1.75 bits per heavy atom. The van der Waals surface area contributed by atoms with Crippen LogP contribution in [0.5, 0.6) is 0 Å². The summed E-state index contributed by atoms with van der Waals surface area (Å²) in [5.41, 5.74) is 0.905. The zero-order chi connectivity index (χ0) is 31.7. The molecule has 236 valence electrons. The van der Waals surface area contributed by atoms with Crippen LogP contribution in [0, 0.1) is 0 Å². The molecule has 0 radical (unpaired) electrons. The number of amides is 2. The normalized spacial score (nSPS) is 16.9. The molecule has 0 bridgehead atoms. The van der Waals surface area contributed by atoms with E-state index < -0.39 is 42.0 Å². The largest absolute Gasteiger partial charge is 0.467 e. The molecule has 0 spiro atoms. The third-order valence-electron chi connectivity index (χ3n) is 7.05. The maximum atomic E-state index is 13.9. The van der Waals surface area contributed by atoms with Gasteiger partial charge in [0, 0.05) is 12.7 Å². The molecule has 12 nitrogen and oxygen atoms in total. The van der Waals surface area contributed by atoms with E-state index in [4.69, 9.17) is 14.2 Å². The second kappa shape index (κ2) is 14.8. The number of aromatic nitrogens is 2. The molecule has 1 aliphatic heterocycles. The fourth-order valence-electron chi connectivity index (χ4n) is 5.00. The highest BCUT2D eigenvalue weighted by Crippen LogP contribution is 2.28. The number of imidazole rings is 1. The summed E-state index contributed by atoms with van der Waals surface area (Å²) in [7, 11) is 1.31. The topological polar surface area (TPSA) is 144 Å². The molecular formula is C32H41N5O7. The van der Waals surface area contributed by atoms with Crippen LogP contribution in [0.2, 0.25) is 0 Å². The van der Waals surface area contributed by atoms with Gasteiger partial charge in [0.15, 0.2) is 0 Å². The van der Waals surface area contributed by atoms with Gasteiger partial charge in [-0.05, 0) is 44.7 Å². The van der Waals surface area contributed by atoms with E-state index in [1.807, 2.05) is 60.7 Å². The van der Waals surface area contributed by atoms with Crippen molar-refractivity contribution in [1.82, 2.24) is 19.8 Å². The molecule has 2 aromatic carbocycles. The predicted molar refractivity (Wildman–Crippen MR) is 162 cm³/mol. The molecule has 12 heteroatoms. The maximum Gasteiger partial charge on any atom is 0.408 e. The van der Waals surface area contributed by atoms with Gasteiger partial charge in [-0.25, -0.2) is 14.6 Å². The Balaban J connectivity index is 1.51. The van der Waals surface area contributed by atoms with E-state index in [0.29, 0.717) is 24.9 Å². The third kappa shape index (κ3) is 8.80. The zero-order valence-electron chi connectivity index (χ0n) is 25.5. The molecule has 0 aliphatic carbocycles. The van der Waals surface area contributed by atoms with Crippen molar-refractivity contribution in [3.05, 3.63) is 84.3 Å². The fraction of sp³-hybridized carbons (Fsp3) is 0.438. The number of nitrogens with zero attached hydrogens (tertiary/aromatic N) is 3. The molecule has 0 saturated carbocycles. The first kappa shape index (κ1) is 32.5. The van der Waals surface area contributed by atoms with Crippen LogP contribution in [0.1, 0.15) is 50.8 Å². The summed E-state index contributed by atoms with van der Waals surface area (Å²) in [5.74, 6) is -0.458. The molecular weight excluding hydrogens is 566 g/mol. The first-order valence-corrected chi connectivity index (χ1v) is 14.6. The lowest BCUT2D eigenvalue weighted by Crippen LogP contribution is -2.50. The number of likely N-dealkylation sites (tertiary alicyclic amines) is 1. The average molecular weight is 608 g/mol. The van der Waals surface area contributed by atoms with E-state index in [9.17, 15) is 19.5 Å². The van der Waals surface area contributed by atoms with Crippen molar-refractivity contribution in [1.29, 1.82) is 0 Å². The van der Waals surface area contributed by atoms with Crippen LogP contribution in [-0.2, 0) is 30.4 Å². The van der Waals surface area contributed by atoms with E-state index in [-0.39, 0.29) is 24.9 Å². The molecule has 1 fully saturated rings. The summed E-state index contributed by atoms with van der Waals surface area (Å²) in [6.45, 7) is 5.91. The molecule has 44 heavy (non-hydrogen) atoms. The van der Waals surface area contributed by atoms with Crippen molar-refractivity contribution < 1.29 is 33.7 Å². The van der Waals surface area contributed by atoms with Gasteiger partial charge in [-0.1, -0.05) is 60.7 Å². The van der Waals surface area contributed by atoms with Crippen LogP contribution in [0.15, 0.2) is 73.2 Å². The van der Waals surface area contributed by atoms with E-state index in [1.54, 1.807) is 36.4 Å². The smallest absolute Gasteiger partial charge is 0.408 e. The third-order valence-corrected chi connectivity index (χ3v) is 7.05. The number of carbonyl (C=O) groups is 3. The standard InChI is InChI=1S/C32H41N5O7/c1-32(2,3)44-31(41)34-24(20-43-19-22-12-7-5-8-13-22)28(38)35-26-18-36(21-33-26)27(23-14-9-6-10-15-23)29(39)37-17-11-16-25(37)30(40)42-4/h5-10,12-15,18,21,24-25,27-28,35,38H,11,16-17,19-20H2,1-4H3,(H,34,41)/t24-,25+,27?,28+/m1/s1. The van der Waals surface area contributed by atoms with Gasteiger partial charge in [0.2, 0.25) is 0 Å². The molecule has 3 aromatic rings. The molecule has 2 amide bonds. The minimum absolute atomic E-state index is 0.0297. The Morgan fingerprint density at radius 1 is 1.07 bits per heavy atom. The number of carbonyl (C=O) groups excluding carboxylic acids is 3. The molecule has 4 rings (SSSR count). The minimum Gasteiger partial charge on any atom is -0.467 e. The van der Waals surface area contributed by atoms with Crippen LogP contribution >= 0.6 is 0 Å². The van der Waals surface area contributed by atoms with Gasteiger partial charge in [0.05, 0.1) is 26.7 Å². The van der Waals surface area contributed by atoms with Crippen molar-refractivity contribution in [2.45, 2.75) is 70.2 Å². The Kier molecular flexibility index (Phi) is 11.0. The summed E-state index contributed by atoms with van der Waals surface area (Å²) in [5, 5.41) is 16.7. The fourth-order valence-corrected chi connectivity index (χ4v) is 5.00. The molecule has 1 saturated heterocycles. The second-order valence-corrected chi connectivity index (χ2v) is 11.6. The van der Waals surface area contributed by atoms with Crippen LogP contribution in [0.3, 0.4) is 0 Å². The average Bonchev–Trinajstić information content (AvgIpc) is 3.67. The van der Waals surface area contributed by atoms with Gasteiger partial charge in [-0.2, -0.15) is 0 Å². The lowest BCUT2D eigenvalue weighted by atomic mass is 10.0. The van der Waals surface area contributed by atoms with Gasteiger partial charge in [0.25, 0.3) is 5.91 Å². The summed E-state index contributed by atoms with van der Waals surface area (Å²) < 4.78 is 17.8. The zero-order valence-corrected chi connectivity index (χ0v) is 25.5. The maximum absolute atomic E-state index is 13.9. The lowest BCUT2D eigenvalue weighted by Gasteiger charge is -2.28. The van der Waals surface area contributed by atoms with E-state index in [1.165, 1.54) is 13.4 Å². The molecule has 1 unspecified atom stereocenters. The summed E-state index contributed by atoms with van der Waals surface area (Å²) in [4.78, 5) is 44.8. The van der Waals surface area contributed by atoms with Crippen LogP contribution in [-0.4, -0.2) is 81.7 Å². The van der Waals surface area contributed by atoms with Crippen LogP contribution in [0.4, 0.5) is 10.6 Å². The summed E-state index contributed by atoms with van der Waals surface area (Å²) in [6, 6.07) is 16.3. The molecule has 3 N–H and O–H groups in total. The van der Waals surface area contributed by atoms with Gasteiger partial charge in [0.1, 0.15) is 35.8 Å². The van der Waals surface area contributed by atoms with E-state index in [0.717, 1.165) is 5.56 Å². The Labute approximate surface area is 257 Å². The predicted octanol–water partition coefficient (Wildman–Crippen LogP) is 3.48. The number of nitrogens with one attached hydrogen (secondary N) is 2. The highest BCUT2D eigenvalue weighted by atomic mass is 16.6. The number of alkyl carbamates (subject to hydrolysis) is 1. The SMILES string of the molecule is COC(=O)[C@@H]1CCCN1C(=O)C(c1ccccc1)n1cnc(N[C@@H](O)[C@@H](COCc2ccccc2)NC(=O)OC(C)(C)C)c1. The van der Waals surface area contributed by atoms with E-state index >= 15 is 0 Å². The number of rotatable bonds is 12. The Bertz CT molecular complexity index is 1380. The van der Waals surface area contributed by atoms with Crippen molar-refractivity contribution in [3.63, 3.8) is 0 Å². The second-order valence-electron chi connectivity index (χ2n) is 11.6. The quantitative estimate of drug-likeness (QED) is 0.208. The first-order valence-electron chi connectivity index (χ1n) is 14.6. The van der Waals surface area contributed by atoms with Gasteiger partial charge in [-0.15, -0.1) is 0 Å². The number of esters is 1. The highest BCUT2D eigenvalue weighted by molar-refractivity contribution is 5.89. The number of aliphatic hydroxyl groups excluding tert-OH is 1. The van der Waals surface area contributed by atoms with E-state index in [2.05, 4.69) is 15.6 Å². The number of hydrogen-bond donors (Lipinski definition) is 3. The number of benzene rings is 2. The minimum atomic E-state index is -1.32. The Morgan fingerprint density at radius 3 is 2.41 bits per heavy atom. The number of ether oxygens (including phenoxy) is 3. The van der Waals surface area contributed by atoms with Crippen molar-refractivity contribution in [3.8, 4) is 0 Å². The van der Waals surface area contributed by atoms with Crippen molar-refractivity contribution in [2.75, 3.05) is 25.6 Å². The van der Waals surface area contributed by atoms with Gasteiger partial charge >= 0.3 is 12.1 Å². The van der Waals surface area contributed by atoms with Crippen LogP contribution < -0.4 is 10.6 Å². The molecule has 2 heterocycles. The number of methoxy groups -OCH3 is 1. The number of aliphatic hydroxyl groups is 1. The van der Waals surface area contributed by atoms with Gasteiger partial charge in [-0.3, -0.25) is 4.79 Å². The molecule has 1 aliphatic rings. The summed E-state index contributed by atoms with van der Waals surface area (Å²) >= 11 is 0. The Hall–Kier alpha value is -4.42.